The van der Waals surface area contributed by atoms with Crippen LogP contribution in [0, 0.1) is 5.92 Å². The molecule has 18 heavy (non-hydrogen) atoms. The predicted molar refractivity (Wildman–Crippen MR) is 79.7 cm³/mol. The molecule has 100 valence electrons. The van der Waals surface area contributed by atoms with E-state index in [2.05, 4.69) is 64.4 Å². The zero-order valence-electron chi connectivity index (χ0n) is 12.3. The van der Waals surface area contributed by atoms with Gasteiger partial charge < -0.3 is 10.6 Å². The highest BCUT2D eigenvalue weighted by Crippen LogP contribution is 2.29. The third-order valence-corrected chi connectivity index (χ3v) is 3.59. The van der Waals surface area contributed by atoms with Crippen molar-refractivity contribution in [3.8, 4) is 0 Å². The van der Waals surface area contributed by atoms with Crippen LogP contribution < -0.4 is 5.73 Å². The molecule has 2 N–H and O–H groups in total. The second-order valence-corrected chi connectivity index (χ2v) is 5.30. The van der Waals surface area contributed by atoms with Crippen LogP contribution in [0.3, 0.4) is 0 Å². The fourth-order valence-corrected chi connectivity index (χ4v) is 2.02. The third-order valence-electron chi connectivity index (χ3n) is 3.59. The van der Waals surface area contributed by atoms with Gasteiger partial charge in [0, 0.05) is 12.2 Å². The molecule has 2 heteroatoms. The minimum absolute atomic E-state index is 0.370. The third kappa shape index (κ3) is 2.87. The van der Waals surface area contributed by atoms with Gasteiger partial charge in [-0.05, 0) is 43.4 Å². The first-order chi connectivity index (χ1) is 8.40. The Morgan fingerprint density at radius 1 is 1.39 bits per heavy atom. The Morgan fingerprint density at radius 3 is 2.50 bits per heavy atom. The van der Waals surface area contributed by atoms with Gasteiger partial charge in [0.15, 0.2) is 0 Å². The predicted octanol–water partition coefficient (Wildman–Crippen LogP) is 3.94. The summed E-state index contributed by atoms with van der Waals surface area (Å²) in [6.45, 7) is 14.9. The summed E-state index contributed by atoms with van der Waals surface area (Å²) in [7, 11) is 0. The normalized spacial score (nSPS) is 19.9. The summed E-state index contributed by atoms with van der Waals surface area (Å²) in [5, 5.41) is 0. The second kappa shape index (κ2) is 5.94. The molecule has 0 aromatic rings. The van der Waals surface area contributed by atoms with Crippen LogP contribution >= 0.6 is 0 Å². The molecule has 1 atom stereocenters. The number of rotatable bonds is 4. The highest BCUT2D eigenvalue weighted by Gasteiger charge is 2.21. The second-order valence-electron chi connectivity index (χ2n) is 5.30. The molecular weight excluding hydrogens is 220 g/mol. The number of nitrogens with zero attached hydrogens (tertiary/aromatic N) is 1. The zero-order chi connectivity index (χ0) is 13.9. The van der Waals surface area contributed by atoms with Crippen LogP contribution in [0.15, 0.2) is 47.5 Å². The molecule has 0 aromatic carbocycles. The average Bonchev–Trinajstić information content (AvgIpc) is 2.35. The summed E-state index contributed by atoms with van der Waals surface area (Å²) >= 11 is 0. The lowest BCUT2D eigenvalue weighted by atomic mass is 9.96. The Morgan fingerprint density at radius 2 is 2.00 bits per heavy atom. The molecule has 1 heterocycles. The van der Waals surface area contributed by atoms with Crippen LogP contribution in [0.25, 0.3) is 0 Å². The van der Waals surface area contributed by atoms with Crippen molar-refractivity contribution in [3.63, 3.8) is 0 Å². The van der Waals surface area contributed by atoms with Crippen molar-refractivity contribution in [2.24, 2.45) is 11.7 Å². The van der Waals surface area contributed by atoms with Gasteiger partial charge >= 0.3 is 0 Å². The van der Waals surface area contributed by atoms with E-state index in [4.69, 9.17) is 5.73 Å². The number of hydrogen-bond donors (Lipinski definition) is 1. The van der Waals surface area contributed by atoms with Crippen molar-refractivity contribution >= 4 is 0 Å². The first-order valence-electron chi connectivity index (χ1n) is 6.72. The van der Waals surface area contributed by atoms with Gasteiger partial charge in [0.05, 0.1) is 11.4 Å². The molecule has 1 unspecified atom stereocenters. The summed E-state index contributed by atoms with van der Waals surface area (Å²) in [6.07, 6.45) is 7.38. The van der Waals surface area contributed by atoms with Crippen LogP contribution in [0.1, 0.15) is 41.0 Å². The molecule has 1 aliphatic heterocycles. The van der Waals surface area contributed by atoms with Gasteiger partial charge in [-0.15, -0.1) is 0 Å². The molecular formula is C16H26N2. The topological polar surface area (TPSA) is 29.3 Å². The van der Waals surface area contributed by atoms with Crippen molar-refractivity contribution in [1.82, 2.24) is 4.90 Å². The molecule has 0 saturated carbocycles. The Hall–Kier alpha value is -1.44. The van der Waals surface area contributed by atoms with Crippen molar-refractivity contribution in [3.05, 3.63) is 47.5 Å². The summed E-state index contributed by atoms with van der Waals surface area (Å²) in [5.41, 5.74) is 10.5. The molecule has 0 aromatic heterocycles. The van der Waals surface area contributed by atoms with Crippen molar-refractivity contribution in [1.29, 1.82) is 0 Å². The van der Waals surface area contributed by atoms with Crippen LogP contribution in [0.5, 0.6) is 0 Å². The highest BCUT2D eigenvalue weighted by molar-refractivity contribution is 5.45. The monoisotopic (exact) mass is 246 g/mol. The molecule has 0 fully saturated rings. The van der Waals surface area contributed by atoms with Crippen molar-refractivity contribution in [2.45, 2.75) is 47.1 Å². The minimum atomic E-state index is 0.370. The van der Waals surface area contributed by atoms with Gasteiger partial charge in [-0.1, -0.05) is 33.4 Å². The number of nitrogens with two attached hydrogens (primary N) is 1. The van der Waals surface area contributed by atoms with Gasteiger partial charge in [0.25, 0.3) is 0 Å². The van der Waals surface area contributed by atoms with Crippen molar-refractivity contribution < 1.29 is 0 Å². The molecule has 0 aliphatic carbocycles. The van der Waals surface area contributed by atoms with Gasteiger partial charge in [0.2, 0.25) is 0 Å². The molecule has 0 radical (unpaired) electrons. The lowest BCUT2D eigenvalue weighted by Crippen LogP contribution is -2.31. The van der Waals surface area contributed by atoms with E-state index in [0.29, 0.717) is 12.0 Å². The van der Waals surface area contributed by atoms with E-state index in [-0.39, 0.29) is 0 Å². The average molecular weight is 246 g/mol. The van der Waals surface area contributed by atoms with E-state index in [1.807, 2.05) is 0 Å². The maximum absolute atomic E-state index is 6.33. The van der Waals surface area contributed by atoms with E-state index in [1.54, 1.807) is 0 Å². The van der Waals surface area contributed by atoms with E-state index in [0.717, 1.165) is 23.4 Å². The lowest BCUT2D eigenvalue weighted by molar-refractivity contribution is 0.351. The highest BCUT2D eigenvalue weighted by atomic mass is 15.2. The quantitative estimate of drug-likeness (QED) is 0.814. The lowest BCUT2D eigenvalue weighted by Gasteiger charge is -2.34. The molecule has 0 saturated heterocycles. The fourth-order valence-electron chi connectivity index (χ4n) is 2.02. The molecule has 2 nitrogen and oxygen atoms in total. The summed E-state index contributed by atoms with van der Waals surface area (Å²) in [5.74, 6) is 0.370. The van der Waals surface area contributed by atoms with E-state index >= 15 is 0 Å². The first kappa shape index (κ1) is 14.6. The van der Waals surface area contributed by atoms with Crippen molar-refractivity contribution in [2.75, 3.05) is 0 Å². The first-order valence-corrected chi connectivity index (χ1v) is 6.72. The van der Waals surface area contributed by atoms with E-state index in [1.165, 1.54) is 5.57 Å². The Bertz CT molecular complexity index is 411. The zero-order valence-corrected chi connectivity index (χ0v) is 12.3. The van der Waals surface area contributed by atoms with Gasteiger partial charge in [-0.3, -0.25) is 0 Å². The smallest absolute Gasteiger partial charge is 0.0674 e. The van der Waals surface area contributed by atoms with Crippen LogP contribution in [-0.2, 0) is 0 Å². The Labute approximate surface area is 112 Å². The summed E-state index contributed by atoms with van der Waals surface area (Å²) < 4.78 is 0. The SMILES string of the molecule is C=C(/C(N)=C1/C(C)=CC=CN1C(C)CC)C(C)C. The maximum atomic E-state index is 6.33. The van der Waals surface area contributed by atoms with Crippen LogP contribution in [-0.4, -0.2) is 10.9 Å². The van der Waals surface area contributed by atoms with E-state index < -0.39 is 0 Å². The van der Waals surface area contributed by atoms with Crippen LogP contribution in [0.4, 0.5) is 0 Å². The minimum Gasteiger partial charge on any atom is -0.397 e. The maximum Gasteiger partial charge on any atom is 0.0674 e. The summed E-state index contributed by atoms with van der Waals surface area (Å²) in [6, 6.07) is 0.443. The standard InChI is InChI=1S/C16H26N2/c1-7-13(5)18-10-8-9-12(4)16(18)15(17)14(6)11(2)3/h8-11,13H,6-7,17H2,1-5H3/b16-15+. The number of allylic oxidation sites excluding steroid dienone is 4. The fraction of sp³-hybridized carbons (Fsp3) is 0.500. The number of hydrogen-bond acceptors (Lipinski definition) is 2. The van der Waals surface area contributed by atoms with Crippen LogP contribution in [0.2, 0.25) is 0 Å². The Balaban J connectivity index is 3.22. The van der Waals surface area contributed by atoms with Gasteiger partial charge in [-0.25, -0.2) is 0 Å². The largest absolute Gasteiger partial charge is 0.397 e. The molecule has 1 aliphatic rings. The van der Waals surface area contributed by atoms with Gasteiger partial charge in [-0.2, -0.15) is 0 Å². The Kier molecular flexibility index (Phi) is 4.83. The molecule has 0 spiro atoms. The molecule has 1 rings (SSSR count). The molecule has 0 amide bonds. The van der Waals surface area contributed by atoms with E-state index in [9.17, 15) is 0 Å². The van der Waals surface area contributed by atoms with Gasteiger partial charge in [0.1, 0.15) is 0 Å². The molecule has 0 bridgehead atoms. The summed E-state index contributed by atoms with van der Waals surface area (Å²) in [4.78, 5) is 2.26.